The highest BCUT2D eigenvalue weighted by molar-refractivity contribution is 5.52. The summed E-state index contributed by atoms with van der Waals surface area (Å²) in [6.45, 7) is 2.36. The van der Waals surface area contributed by atoms with Crippen LogP contribution >= 0.6 is 0 Å². The highest BCUT2D eigenvalue weighted by Crippen LogP contribution is 2.29. The van der Waals surface area contributed by atoms with E-state index in [1.807, 2.05) is 12.1 Å². The third-order valence-electron chi connectivity index (χ3n) is 4.88. The number of benzene rings is 1. The van der Waals surface area contributed by atoms with Gasteiger partial charge >= 0.3 is 6.36 Å². The average molecular weight is 404 g/mol. The number of halogens is 3. The Bertz CT molecular complexity index is 921. The molecule has 3 aromatic rings. The van der Waals surface area contributed by atoms with Crippen LogP contribution in [0.15, 0.2) is 53.3 Å². The molecule has 0 N–H and O–H groups in total. The SMILES string of the molecule is FC(F)(F)Oc1ccc(CN2CCC(c3nc(-c4ccncc4)no3)CC2)cc1. The van der Waals surface area contributed by atoms with Crippen LogP contribution in [0.1, 0.15) is 30.2 Å². The molecule has 1 aliphatic heterocycles. The van der Waals surface area contributed by atoms with Crippen molar-refractivity contribution in [1.82, 2.24) is 20.0 Å². The van der Waals surface area contributed by atoms with E-state index in [-0.39, 0.29) is 11.7 Å². The van der Waals surface area contributed by atoms with Gasteiger partial charge in [0.2, 0.25) is 11.7 Å². The molecule has 2 aromatic heterocycles. The van der Waals surface area contributed by atoms with E-state index in [4.69, 9.17) is 4.52 Å². The Balaban J connectivity index is 1.30. The molecule has 29 heavy (non-hydrogen) atoms. The molecule has 0 unspecified atom stereocenters. The number of hydrogen-bond donors (Lipinski definition) is 0. The molecule has 0 bridgehead atoms. The number of hydrogen-bond acceptors (Lipinski definition) is 6. The zero-order valence-electron chi connectivity index (χ0n) is 15.5. The molecular formula is C20H19F3N4O2. The monoisotopic (exact) mass is 404 g/mol. The Kier molecular flexibility index (Phi) is 5.48. The van der Waals surface area contributed by atoms with Gasteiger partial charge in [-0.1, -0.05) is 17.3 Å². The topological polar surface area (TPSA) is 64.3 Å². The molecule has 0 spiro atoms. The molecule has 0 amide bonds. The van der Waals surface area contributed by atoms with Gasteiger partial charge in [0.25, 0.3) is 0 Å². The predicted molar refractivity (Wildman–Crippen MR) is 97.9 cm³/mol. The second-order valence-electron chi connectivity index (χ2n) is 6.93. The molecular weight excluding hydrogens is 385 g/mol. The summed E-state index contributed by atoms with van der Waals surface area (Å²) < 4.78 is 46.1. The Labute approximate surface area is 165 Å². The quantitative estimate of drug-likeness (QED) is 0.628. The number of alkyl halides is 3. The summed E-state index contributed by atoms with van der Waals surface area (Å²) in [6.07, 6.45) is 0.465. The minimum absolute atomic E-state index is 0.205. The number of likely N-dealkylation sites (tertiary alicyclic amines) is 1. The number of ether oxygens (including phenoxy) is 1. The van der Waals surface area contributed by atoms with Gasteiger partial charge in [-0.25, -0.2) is 0 Å². The lowest BCUT2D eigenvalue weighted by Crippen LogP contribution is -2.32. The van der Waals surface area contributed by atoms with Gasteiger partial charge in [0.1, 0.15) is 5.75 Å². The molecule has 6 nitrogen and oxygen atoms in total. The van der Waals surface area contributed by atoms with Crippen LogP contribution < -0.4 is 4.74 Å². The first-order valence-corrected chi connectivity index (χ1v) is 9.27. The fourth-order valence-electron chi connectivity index (χ4n) is 3.41. The molecule has 0 aliphatic carbocycles. The molecule has 0 saturated carbocycles. The molecule has 0 radical (unpaired) electrons. The maximum atomic E-state index is 12.2. The summed E-state index contributed by atoms with van der Waals surface area (Å²) >= 11 is 0. The van der Waals surface area contributed by atoms with Crippen LogP contribution in [0.25, 0.3) is 11.4 Å². The number of aromatic nitrogens is 3. The second kappa shape index (κ2) is 8.20. The van der Waals surface area contributed by atoms with E-state index in [2.05, 4.69) is 24.8 Å². The van der Waals surface area contributed by atoms with E-state index in [9.17, 15) is 13.2 Å². The van der Waals surface area contributed by atoms with Gasteiger partial charge in [-0.3, -0.25) is 9.88 Å². The molecule has 0 atom stereocenters. The summed E-state index contributed by atoms with van der Waals surface area (Å²) in [5.74, 6) is 1.20. The third-order valence-corrected chi connectivity index (χ3v) is 4.88. The first-order chi connectivity index (χ1) is 14.0. The van der Waals surface area contributed by atoms with Crippen molar-refractivity contribution >= 4 is 0 Å². The van der Waals surface area contributed by atoms with Crippen LogP contribution in [0, 0.1) is 0 Å². The highest BCUT2D eigenvalue weighted by Gasteiger charge is 2.31. The van der Waals surface area contributed by atoms with Crippen molar-refractivity contribution in [3.63, 3.8) is 0 Å². The van der Waals surface area contributed by atoms with Gasteiger partial charge < -0.3 is 9.26 Å². The Morgan fingerprint density at radius 2 is 1.72 bits per heavy atom. The minimum Gasteiger partial charge on any atom is -0.406 e. The summed E-state index contributed by atoms with van der Waals surface area (Å²) in [6, 6.07) is 9.67. The number of pyridine rings is 1. The van der Waals surface area contributed by atoms with Crippen molar-refractivity contribution in [3.05, 3.63) is 60.2 Å². The first kappa shape index (κ1) is 19.4. The normalized spacial score (nSPS) is 16.1. The summed E-state index contributed by atoms with van der Waals surface area (Å²) in [4.78, 5) is 10.8. The first-order valence-electron chi connectivity index (χ1n) is 9.27. The lowest BCUT2D eigenvalue weighted by molar-refractivity contribution is -0.274. The highest BCUT2D eigenvalue weighted by atomic mass is 19.4. The van der Waals surface area contributed by atoms with Crippen LogP contribution in [0.2, 0.25) is 0 Å². The van der Waals surface area contributed by atoms with Crippen LogP contribution in [-0.2, 0) is 6.54 Å². The summed E-state index contributed by atoms with van der Waals surface area (Å²) in [7, 11) is 0. The maximum absolute atomic E-state index is 12.2. The van der Waals surface area contributed by atoms with Crippen LogP contribution in [0.3, 0.4) is 0 Å². The number of rotatable bonds is 5. The summed E-state index contributed by atoms with van der Waals surface area (Å²) in [5, 5.41) is 4.06. The van der Waals surface area contributed by atoms with E-state index >= 15 is 0 Å². The second-order valence-corrected chi connectivity index (χ2v) is 6.93. The van der Waals surface area contributed by atoms with Crippen LogP contribution in [-0.4, -0.2) is 39.5 Å². The fraction of sp³-hybridized carbons (Fsp3) is 0.350. The number of piperidine rings is 1. The molecule has 1 aromatic carbocycles. The van der Waals surface area contributed by atoms with Crippen molar-refractivity contribution in [1.29, 1.82) is 0 Å². The summed E-state index contributed by atoms with van der Waals surface area (Å²) in [5.41, 5.74) is 1.81. The van der Waals surface area contributed by atoms with Gasteiger partial charge in [-0.15, -0.1) is 13.2 Å². The Morgan fingerprint density at radius 1 is 1.03 bits per heavy atom. The minimum atomic E-state index is -4.67. The molecule has 4 rings (SSSR count). The molecule has 1 aliphatic rings. The van der Waals surface area contributed by atoms with Crippen LogP contribution in [0.5, 0.6) is 5.75 Å². The van der Waals surface area contributed by atoms with Gasteiger partial charge in [-0.2, -0.15) is 4.98 Å². The van der Waals surface area contributed by atoms with Gasteiger partial charge in [0, 0.05) is 30.4 Å². The molecule has 1 saturated heterocycles. The van der Waals surface area contributed by atoms with E-state index in [0.717, 1.165) is 37.1 Å². The van der Waals surface area contributed by atoms with Crippen molar-refractivity contribution in [2.24, 2.45) is 0 Å². The average Bonchev–Trinajstić information content (AvgIpc) is 3.20. The van der Waals surface area contributed by atoms with Crippen molar-refractivity contribution in [2.45, 2.75) is 31.7 Å². The third kappa shape index (κ3) is 5.11. The van der Waals surface area contributed by atoms with Crippen LogP contribution in [0.4, 0.5) is 13.2 Å². The van der Waals surface area contributed by atoms with E-state index in [0.29, 0.717) is 18.3 Å². The van der Waals surface area contributed by atoms with Gasteiger partial charge in [0.05, 0.1) is 0 Å². The van der Waals surface area contributed by atoms with Gasteiger partial charge in [-0.05, 0) is 55.8 Å². The van der Waals surface area contributed by atoms with Crippen molar-refractivity contribution in [2.75, 3.05) is 13.1 Å². The predicted octanol–water partition coefficient (Wildman–Crippen LogP) is 4.41. The lowest BCUT2D eigenvalue weighted by Gasteiger charge is -2.30. The lowest BCUT2D eigenvalue weighted by atomic mass is 9.96. The molecule has 152 valence electrons. The number of nitrogens with zero attached hydrogens (tertiary/aromatic N) is 4. The maximum Gasteiger partial charge on any atom is 0.573 e. The Morgan fingerprint density at radius 3 is 2.38 bits per heavy atom. The van der Waals surface area contributed by atoms with Gasteiger partial charge in [0.15, 0.2) is 0 Å². The molecule has 3 heterocycles. The zero-order chi connectivity index (χ0) is 20.3. The van der Waals surface area contributed by atoms with E-state index in [1.54, 1.807) is 24.5 Å². The molecule has 9 heteroatoms. The van der Waals surface area contributed by atoms with E-state index < -0.39 is 6.36 Å². The van der Waals surface area contributed by atoms with E-state index in [1.165, 1.54) is 12.1 Å². The Hall–Kier alpha value is -2.94. The van der Waals surface area contributed by atoms with Crippen molar-refractivity contribution < 1.29 is 22.4 Å². The molecule has 1 fully saturated rings. The zero-order valence-corrected chi connectivity index (χ0v) is 15.5. The van der Waals surface area contributed by atoms with Crippen molar-refractivity contribution in [3.8, 4) is 17.1 Å². The smallest absolute Gasteiger partial charge is 0.406 e. The fourth-order valence-corrected chi connectivity index (χ4v) is 3.41. The largest absolute Gasteiger partial charge is 0.573 e. The standard InChI is InChI=1S/C20H19F3N4O2/c21-20(22,23)28-17-3-1-14(2-4-17)13-27-11-7-16(8-12-27)19-25-18(26-29-19)15-5-9-24-10-6-15/h1-6,9-10,16H,7-8,11-13H2.